The second-order valence-electron chi connectivity index (χ2n) is 9.92. The van der Waals surface area contributed by atoms with Crippen molar-refractivity contribution >= 4 is 56.5 Å². The van der Waals surface area contributed by atoms with Crippen LogP contribution in [0.2, 0.25) is 10.0 Å². The fourth-order valence-corrected chi connectivity index (χ4v) is 5.52. The first kappa shape index (κ1) is 25.4. The highest BCUT2D eigenvalue weighted by atomic mass is 35.5. The molecule has 0 bridgehead atoms. The monoisotopic (exact) mass is 545 g/mol. The van der Waals surface area contributed by atoms with Gasteiger partial charge < -0.3 is 0 Å². The van der Waals surface area contributed by atoms with Crippen molar-refractivity contribution in [1.29, 1.82) is 0 Å². The Labute approximate surface area is 230 Å². The molecule has 37 heavy (non-hydrogen) atoms. The van der Waals surface area contributed by atoms with Crippen molar-refractivity contribution in [3.8, 4) is 22.5 Å². The number of aromatic nitrogens is 2. The van der Waals surface area contributed by atoms with Gasteiger partial charge in [-0.3, -0.25) is 10.1 Å². The topological polar surface area (TPSA) is 54.9 Å². The third-order valence-electron chi connectivity index (χ3n) is 6.32. The number of fused-ring (bicyclic) bond motifs is 1. The van der Waals surface area contributed by atoms with Crippen molar-refractivity contribution in [2.24, 2.45) is 0 Å². The molecule has 2 aromatic heterocycles. The quantitative estimate of drug-likeness (QED) is 0.245. The van der Waals surface area contributed by atoms with Gasteiger partial charge in [-0.1, -0.05) is 86.4 Å². The summed E-state index contributed by atoms with van der Waals surface area (Å²) in [5, 5.41) is 7.28. The van der Waals surface area contributed by atoms with E-state index in [1.54, 1.807) is 12.1 Å². The molecule has 5 rings (SSSR count). The van der Waals surface area contributed by atoms with Gasteiger partial charge >= 0.3 is 0 Å². The molecular formula is C30H25Cl2N3OS. The summed E-state index contributed by atoms with van der Waals surface area (Å²) in [6, 6.07) is 21.3. The lowest BCUT2D eigenvalue weighted by molar-refractivity contribution is 0.102. The van der Waals surface area contributed by atoms with E-state index in [1.165, 1.54) is 16.9 Å². The molecule has 0 saturated carbocycles. The number of halogens is 2. The first-order chi connectivity index (χ1) is 17.6. The Hall–Kier alpha value is -3.25. The number of anilines is 1. The molecule has 1 amide bonds. The first-order valence-corrected chi connectivity index (χ1v) is 13.5. The largest absolute Gasteiger partial charge is 0.298 e. The van der Waals surface area contributed by atoms with E-state index in [0.717, 1.165) is 27.8 Å². The Morgan fingerprint density at radius 2 is 1.68 bits per heavy atom. The lowest BCUT2D eigenvalue weighted by Gasteiger charge is -2.18. The Balaban J connectivity index is 1.50. The molecule has 1 N–H and O–H groups in total. The summed E-state index contributed by atoms with van der Waals surface area (Å²) in [6.07, 6.45) is 0. The van der Waals surface area contributed by atoms with Gasteiger partial charge in [0.2, 0.25) is 0 Å². The minimum atomic E-state index is -0.244. The number of hydrogen-bond donors (Lipinski definition) is 1. The number of rotatable bonds is 4. The number of thiazole rings is 1. The number of para-hydroxylation sites is 1. The van der Waals surface area contributed by atoms with E-state index < -0.39 is 0 Å². The van der Waals surface area contributed by atoms with Crippen LogP contribution in [-0.2, 0) is 5.41 Å². The van der Waals surface area contributed by atoms with Gasteiger partial charge in [0.15, 0.2) is 5.13 Å². The Kier molecular flexibility index (Phi) is 6.80. The second-order valence-corrected chi connectivity index (χ2v) is 11.6. The summed E-state index contributed by atoms with van der Waals surface area (Å²) in [7, 11) is 0. The minimum Gasteiger partial charge on any atom is -0.298 e. The van der Waals surface area contributed by atoms with Crippen LogP contribution in [0.5, 0.6) is 0 Å². The molecule has 3 aromatic carbocycles. The Morgan fingerprint density at radius 1 is 0.946 bits per heavy atom. The normalized spacial score (nSPS) is 11.6. The van der Waals surface area contributed by atoms with Crippen LogP contribution in [0.1, 0.15) is 42.3 Å². The molecule has 0 aliphatic carbocycles. The van der Waals surface area contributed by atoms with E-state index in [-0.39, 0.29) is 11.3 Å². The van der Waals surface area contributed by atoms with Crippen molar-refractivity contribution in [3.63, 3.8) is 0 Å². The predicted molar refractivity (Wildman–Crippen MR) is 156 cm³/mol. The van der Waals surface area contributed by atoms with Crippen LogP contribution in [0.15, 0.2) is 72.1 Å². The molecular weight excluding hydrogens is 521 g/mol. The molecule has 5 aromatic rings. The summed E-state index contributed by atoms with van der Waals surface area (Å²) < 4.78 is 0. The first-order valence-electron chi connectivity index (χ1n) is 11.8. The summed E-state index contributed by atoms with van der Waals surface area (Å²) in [6.45, 7) is 8.46. The minimum absolute atomic E-state index is 0.0833. The average molecular weight is 547 g/mol. The summed E-state index contributed by atoms with van der Waals surface area (Å²) in [5.74, 6) is -0.244. The molecule has 7 heteroatoms. The van der Waals surface area contributed by atoms with E-state index in [9.17, 15) is 4.79 Å². The van der Waals surface area contributed by atoms with Crippen LogP contribution in [0.25, 0.3) is 33.4 Å². The van der Waals surface area contributed by atoms with Crippen molar-refractivity contribution in [1.82, 2.24) is 9.97 Å². The number of amides is 1. The maximum Gasteiger partial charge on any atom is 0.258 e. The highest BCUT2D eigenvalue weighted by Crippen LogP contribution is 2.36. The number of benzene rings is 3. The highest BCUT2D eigenvalue weighted by Gasteiger charge is 2.21. The highest BCUT2D eigenvalue weighted by molar-refractivity contribution is 7.14. The summed E-state index contributed by atoms with van der Waals surface area (Å²) >= 11 is 14.0. The van der Waals surface area contributed by atoms with Gasteiger partial charge in [0.1, 0.15) is 0 Å². The fraction of sp³-hybridized carbons (Fsp3) is 0.167. The van der Waals surface area contributed by atoms with Gasteiger partial charge in [-0.05, 0) is 47.7 Å². The number of nitrogens with zero attached hydrogens (tertiary/aromatic N) is 2. The third-order valence-corrected chi connectivity index (χ3v) is 7.63. The molecule has 0 saturated heterocycles. The summed E-state index contributed by atoms with van der Waals surface area (Å²) in [5.41, 5.74) is 6.52. The molecule has 0 aliphatic rings. The van der Waals surface area contributed by atoms with E-state index >= 15 is 0 Å². The van der Waals surface area contributed by atoms with Gasteiger partial charge in [0, 0.05) is 26.9 Å². The van der Waals surface area contributed by atoms with E-state index in [2.05, 4.69) is 55.3 Å². The number of hydrogen-bond acceptors (Lipinski definition) is 4. The van der Waals surface area contributed by atoms with Gasteiger partial charge in [-0.15, -0.1) is 11.3 Å². The lowest BCUT2D eigenvalue weighted by Crippen LogP contribution is -2.15. The standard InChI is InChI=1S/C30H25Cl2N3OS/c1-17-26(22-7-5-6-8-24(22)33-27(17)21-14-13-20(31)15-23(21)32)28(36)35-29-34-25(16-37-29)18-9-11-19(12-10-18)30(2,3)4/h5-16H,1-4H3,(H,34,35,36). The molecule has 0 radical (unpaired) electrons. The number of carbonyl (C=O) groups excluding carboxylic acids is 1. The maximum atomic E-state index is 13.6. The number of carbonyl (C=O) groups is 1. The van der Waals surface area contributed by atoms with E-state index in [0.29, 0.717) is 32.0 Å². The SMILES string of the molecule is Cc1c(-c2ccc(Cl)cc2Cl)nc2ccccc2c1C(=O)Nc1nc(-c2ccc(C(C)(C)C)cc2)cs1. The molecule has 2 heterocycles. The zero-order valence-corrected chi connectivity index (χ0v) is 23.2. The van der Waals surface area contributed by atoms with Crippen LogP contribution in [-0.4, -0.2) is 15.9 Å². The number of pyridine rings is 1. The smallest absolute Gasteiger partial charge is 0.258 e. The fourth-order valence-electron chi connectivity index (χ4n) is 4.31. The van der Waals surface area contributed by atoms with Crippen LogP contribution >= 0.6 is 34.5 Å². The zero-order valence-electron chi connectivity index (χ0n) is 20.9. The van der Waals surface area contributed by atoms with Crippen molar-refractivity contribution in [3.05, 3.63) is 98.8 Å². The van der Waals surface area contributed by atoms with Crippen LogP contribution < -0.4 is 5.32 Å². The van der Waals surface area contributed by atoms with Crippen LogP contribution in [0, 0.1) is 6.92 Å². The molecule has 0 aliphatic heterocycles. The molecule has 0 unspecified atom stereocenters. The van der Waals surface area contributed by atoms with Crippen molar-refractivity contribution < 1.29 is 4.79 Å². The van der Waals surface area contributed by atoms with Gasteiger partial charge in [0.05, 0.1) is 27.5 Å². The number of nitrogens with one attached hydrogen (secondary N) is 1. The second kappa shape index (κ2) is 9.90. The van der Waals surface area contributed by atoms with Crippen LogP contribution in [0.3, 0.4) is 0 Å². The van der Waals surface area contributed by atoms with Crippen molar-refractivity contribution in [2.75, 3.05) is 5.32 Å². The van der Waals surface area contributed by atoms with Gasteiger partial charge in [0.25, 0.3) is 5.91 Å². The van der Waals surface area contributed by atoms with Gasteiger partial charge in [-0.2, -0.15) is 0 Å². The van der Waals surface area contributed by atoms with Crippen molar-refractivity contribution in [2.45, 2.75) is 33.1 Å². The maximum absolute atomic E-state index is 13.6. The molecule has 186 valence electrons. The molecule has 0 fully saturated rings. The lowest BCUT2D eigenvalue weighted by atomic mass is 9.86. The predicted octanol–water partition coefficient (Wildman–Crippen LogP) is 9.19. The summed E-state index contributed by atoms with van der Waals surface area (Å²) in [4.78, 5) is 23.2. The zero-order chi connectivity index (χ0) is 26.3. The molecule has 4 nitrogen and oxygen atoms in total. The molecule has 0 spiro atoms. The van der Waals surface area contributed by atoms with Crippen LogP contribution in [0.4, 0.5) is 5.13 Å². The third kappa shape index (κ3) is 5.12. The van der Waals surface area contributed by atoms with E-state index in [1.807, 2.05) is 42.6 Å². The average Bonchev–Trinajstić information content (AvgIpc) is 3.32. The molecule has 0 atom stereocenters. The van der Waals surface area contributed by atoms with Gasteiger partial charge in [-0.25, -0.2) is 9.97 Å². The Morgan fingerprint density at radius 3 is 2.38 bits per heavy atom. The Bertz CT molecular complexity index is 1640. The van der Waals surface area contributed by atoms with E-state index in [4.69, 9.17) is 28.2 Å².